The summed E-state index contributed by atoms with van der Waals surface area (Å²) in [6, 6.07) is 14.8. The van der Waals surface area contributed by atoms with Crippen LogP contribution < -0.4 is 26.2 Å². The molecule has 4 amide bonds. The summed E-state index contributed by atoms with van der Waals surface area (Å²) in [6.45, 7) is 8.54. The fraction of sp³-hybridized carbons (Fsp3) is 0.347. The van der Waals surface area contributed by atoms with E-state index in [4.69, 9.17) is 14.2 Å². The first-order valence-corrected chi connectivity index (χ1v) is 22.3. The lowest BCUT2D eigenvalue weighted by Crippen LogP contribution is -2.57. The largest absolute Gasteiger partial charge is 0.503 e. The highest BCUT2D eigenvalue weighted by atomic mass is 19.1. The van der Waals surface area contributed by atoms with Gasteiger partial charge in [0.1, 0.15) is 41.0 Å². The fourth-order valence-electron chi connectivity index (χ4n) is 8.36. The molecule has 16 nitrogen and oxygen atoms in total. The Labute approximate surface area is 393 Å². The lowest BCUT2D eigenvalue weighted by molar-refractivity contribution is -0.112. The van der Waals surface area contributed by atoms with Gasteiger partial charge in [0.2, 0.25) is 10.9 Å². The van der Waals surface area contributed by atoms with Gasteiger partial charge in [-0.1, -0.05) is 56.3 Å². The molecule has 0 spiro atoms. The Morgan fingerprint density at radius 1 is 0.681 bits per heavy atom. The number of ether oxygens (including phenoxy) is 3. The third-order valence-electron chi connectivity index (χ3n) is 12.0. The van der Waals surface area contributed by atoms with Crippen molar-refractivity contribution in [2.24, 2.45) is 0 Å². The van der Waals surface area contributed by atoms with E-state index in [2.05, 4.69) is 10.6 Å². The normalized spacial score (nSPS) is 19.0. The number of carbonyl (C=O) groups excluding carboxylic acids is 4. The van der Waals surface area contributed by atoms with Gasteiger partial charge in [-0.2, -0.15) is 0 Å². The molecule has 0 radical (unpaired) electrons. The van der Waals surface area contributed by atoms with Gasteiger partial charge >= 0.3 is 0 Å². The van der Waals surface area contributed by atoms with Crippen LogP contribution in [0.4, 0.5) is 17.6 Å². The number of amides is 4. The first-order valence-electron chi connectivity index (χ1n) is 22.3. The molecule has 2 unspecified atom stereocenters. The number of rotatable bonds is 9. The summed E-state index contributed by atoms with van der Waals surface area (Å²) in [4.78, 5) is 81.1. The number of aromatic hydroxyl groups is 1. The molecule has 364 valence electrons. The fourth-order valence-corrected chi connectivity index (χ4v) is 8.36. The maximum atomic E-state index is 14.0. The van der Waals surface area contributed by atoms with Crippen molar-refractivity contribution in [3.05, 3.63) is 162 Å². The van der Waals surface area contributed by atoms with Crippen LogP contribution in [-0.4, -0.2) is 85.4 Å². The van der Waals surface area contributed by atoms with E-state index in [0.29, 0.717) is 38.2 Å². The second kappa shape index (κ2) is 21.3. The van der Waals surface area contributed by atoms with Crippen molar-refractivity contribution in [2.45, 2.75) is 97.9 Å². The van der Waals surface area contributed by atoms with Gasteiger partial charge in [-0.05, 0) is 44.4 Å². The number of benzene rings is 3. The minimum atomic E-state index is -1.00. The van der Waals surface area contributed by atoms with Crippen LogP contribution >= 0.6 is 0 Å². The highest BCUT2D eigenvalue weighted by Gasteiger charge is 2.43. The van der Waals surface area contributed by atoms with Crippen molar-refractivity contribution in [3.8, 4) is 11.5 Å². The zero-order chi connectivity index (χ0) is 49.7. The van der Waals surface area contributed by atoms with Crippen LogP contribution in [0, 0.1) is 23.3 Å². The Bertz CT molecular complexity index is 2900. The maximum Gasteiger partial charge on any atom is 0.276 e. The number of nitrogens with zero attached hydrogens (tertiary/aromatic N) is 4. The molecule has 69 heavy (non-hydrogen) atoms. The predicted octanol–water partition coefficient (Wildman–Crippen LogP) is 5.61. The van der Waals surface area contributed by atoms with Gasteiger partial charge in [-0.3, -0.25) is 28.8 Å². The molecule has 2 aromatic heterocycles. The summed E-state index contributed by atoms with van der Waals surface area (Å²) >= 11 is 0. The highest BCUT2D eigenvalue weighted by molar-refractivity contribution is 6.00. The van der Waals surface area contributed by atoms with Crippen molar-refractivity contribution in [1.82, 2.24) is 29.6 Å². The van der Waals surface area contributed by atoms with Gasteiger partial charge < -0.3 is 48.9 Å². The molecule has 9 rings (SSSR count). The van der Waals surface area contributed by atoms with Crippen molar-refractivity contribution >= 4 is 23.6 Å². The number of pyridine rings is 2. The van der Waals surface area contributed by atoms with Crippen LogP contribution in [0.25, 0.3) is 0 Å². The molecule has 0 saturated carbocycles. The van der Waals surface area contributed by atoms with E-state index in [9.17, 15) is 51.4 Å². The number of hydrogen-bond donors (Lipinski definition) is 3. The summed E-state index contributed by atoms with van der Waals surface area (Å²) in [5.41, 5.74) is -1.70. The summed E-state index contributed by atoms with van der Waals surface area (Å²) in [5, 5.41) is 15.3. The standard InChI is InChI=1S/C27H25F2N3O5.C20H19F2N3O5.C2H6/c1-16-9-10-36-22-14-31-13-20(26(34)30-12-18-7-8-19(28)11-21(18)29)24(33)25(23(31)27(35)32(16)22)37-15-17-5-3-2-4-6-17;1-10-4-5-30-15-9-24-8-13(17(26)18(27)16(24)20(29)25(10)15)19(28)23-7-11-2-3-12(21)6-14(11)22;1-2/h2-8,11,13,16,22H,9-10,12,14-15H2,1H3,(H,30,34);2-3,6,8,10,15,27H,4-5,7,9H2,1H3,(H,23,28);1-2H3/t16-,22?;10-,15?;/m11./s1. The van der Waals surface area contributed by atoms with Crippen LogP contribution in [0.3, 0.4) is 0 Å². The topological polar surface area (TPSA) is 191 Å². The predicted molar refractivity (Wildman–Crippen MR) is 240 cm³/mol. The Balaban J connectivity index is 0.000000201. The van der Waals surface area contributed by atoms with Gasteiger partial charge in [-0.15, -0.1) is 0 Å². The van der Waals surface area contributed by atoms with Crippen molar-refractivity contribution in [1.29, 1.82) is 0 Å². The third-order valence-corrected chi connectivity index (χ3v) is 12.0. The van der Waals surface area contributed by atoms with Crippen LogP contribution in [0.5, 0.6) is 11.5 Å². The summed E-state index contributed by atoms with van der Waals surface area (Å²) in [6.07, 6.45) is 2.67. The molecule has 4 aliphatic rings. The van der Waals surface area contributed by atoms with E-state index in [-0.39, 0.29) is 78.7 Å². The molecular formula is C49H50F4N6O10. The molecule has 3 N–H and O–H groups in total. The molecule has 4 aliphatic heterocycles. The van der Waals surface area contributed by atoms with E-state index in [1.807, 2.05) is 58.0 Å². The Kier molecular flexibility index (Phi) is 15.3. The quantitative estimate of drug-likeness (QED) is 0.157. The van der Waals surface area contributed by atoms with Crippen LogP contribution in [0.15, 0.2) is 88.7 Å². The molecule has 2 fully saturated rings. The van der Waals surface area contributed by atoms with Gasteiger partial charge in [0, 0.05) is 60.8 Å². The summed E-state index contributed by atoms with van der Waals surface area (Å²) in [7, 11) is 0. The zero-order valence-corrected chi connectivity index (χ0v) is 38.1. The molecule has 6 heterocycles. The number of aromatic nitrogens is 2. The molecule has 3 aromatic carbocycles. The molecular weight excluding hydrogens is 909 g/mol. The van der Waals surface area contributed by atoms with Gasteiger partial charge in [-0.25, -0.2) is 17.6 Å². The van der Waals surface area contributed by atoms with Gasteiger partial charge in [0.15, 0.2) is 35.3 Å². The maximum absolute atomic E-state index is 14.0. The van der Waals surface area contributed by atoms with Gasteiger partial charge in [0.25, 0.3) is 23.6 Å². The number of carbonyl (C=O) groups is 4. The van der Waals surface area contributed by atoms with E-state index >= 15 is 0 Å². The number of nitrogens with one attached hydrogen (secondary N) is 2. The number of fused-ring (bicyclic) bond motifs is 4. The average Bonchev–Trinajstić information content (AvgIpc) is 3.32. The molecule has 20 heteroatoms. The van der Waals surface area contributed by atoms with Crippen molar-refractivity contribution in [2.75, 3.05) is 13.2 Å². The van der Waals surface area contributed by atoms with E-state index in [1.54, 1.807) is 4.90 Å². The first kappa shape index (κ1) is 49.6. The molecule has 0 bridgehead atoms. The van der Waals surface area contributed by atoms with E-state index in [1.165, 1.54) is 38.6 Å². The zero-order valence-electron chi connectivity index (χ0n) is 38.1. The minimum absolute atomic E-state index is 0.0116. The molecule has 5 aromatic rings. The third kappa shape index (κ3) is 10.4. The van der Waals surface area contributed by atoms with Crippen molar-refractivity contribution < 1.29 is 56.1 Å². The molecule has 2 saturated heterocycles. The van der Waals surface area contributed by atoms with Crippen LogP contribution in [0.1, 0.15) is 98.9 Å². The smallest absolute Gasteiger partial charge is 0.276 e. The summed E-state index contributed by atoms with van der Waals surface area (Å²) in [5.74, 6) is -6.79. The van der Waals surface area contributed by atoms with E-state index < -0.39 is 81.5 Å². The van der Waals surface area contributed by atoms with Crippen molar-refractivity contribution in [3.63, 3.8) is 0 Å². The second-order valence-electron chi connectivity index (χ2n) is 16.4. The highest BCUT2D eigenvalue weighted by Crippen LogP contribution is 2.31. The second-order valence-corrected chi connectivity index (χ2v) is 16.4. The Hall–Kier alpha value is -7.32. The Morgan fingerprint density at radius 2 is 1.14 bits per heavy atom. The first-order chi connectivity index (χ1) is 33.1. The van der Waals surface area contributed by atoms with Crippen LogP contribution in [-0.2, 0) is 42.3 Å². The molecule has 4 atom stereocenters. The SMILES string of the molecule is CC.C[C@@H]1CCOC2Cn3cc(C(=O)NCc4ccc(F)cc4F)c(=O)c(O)c3C(=O)N21.C[C@@H]1CCOC2Cn3cc(C(=O)NCc4ccc(F)cc4F)c(=O)c(OCc4ccccc4)c3C(=O)N21. The number of hydrogen-bond acceptors (Lipinski definition) is 10. The summed E-state index contributed by atoms with van der Waals surface area (Å²) < 4.78 is 74.2. The Morgan fingerprint density at radius 3 is 1.64 bits per heavy atom. The lowest BCUT2D eigenvalue weighted by Gasteiger charge is -2.44. The number of halogens is 4. The van der Waals surface area contributed by atoms with Gasteiger partial charge in [0.05, 0.1) is 26.3 Å². The van der Waals surface area contributed by atoms with E-state index in [0.717, 1.165) is 17.7 Å². The monoisotopic (exact) mass is 958 g/mol. The minimum Gasteiger partial charge on any atom is -0.503 e. The molecule has 0 aliphatic carbocycles. The lowest BCUT2D eigenvalue weighted by atomic mass is 10.1. The average molecular weight is 959 g/mol. The van der Waals surface area contributed by atoms with Crippen LogP contribution in [0.2, 0.25) is 0 Å².